The fraction of sp³-hybridized carbons (Fsp3) is 0.333. The maximum absolute atomic E-state index is 10.9. The van der Waals surface area contributed by atoms with Crippen LogP contribution in [0.4, 0.5) is 0 Å². The van der Waals surface area contributed by atoms with Gasteiger partial charge >= 0.3 is 0 Å². The molecule has 0 aliphatic carbocycles. The number of hydrogen-bond donors (Lipinski definition) is 1. The summed E-state index contributed by atoms with van der Waals surface area (Å²) in [4.78, 5) is 0. The van der Waals surface area contributed by atoms with Gasteiger partial charge in [-0.25, -0.2) is 0 Å². The zero-order chi connectivity index (χ0) is 14.8. The summed E-state index contributed by atoms with van der Waals surface area (Å²) in [6.07, 6.45) is 1.24. The molecule has 110 valence electrons. The summed E-state index contributed by atoms with van der Waals surface area (Å²) in [5.41, 5.74) is 3.24. The zero-order valence-electron chi connectivity index (χ0n) is 12.1. The molecule has 2 atom stereocenters. The van der Waals surface area contributed by atoms with Crippen LogP contribution in [0, 0.1) is 0 Å². The number of halogens is 1. The van der Waals surface area contributed by atoms with Crippen LogP contribution >= 0.6 is 15.9 Å². The molecule has 0 radical (unpaired) electrons. The largest absolute Gasteiger partial charge is 0.493 e. The minimum absolute atomic E-state index is 0.0776. The van der Waals surface area contributed by atoms with E-state index in [1.165, 1.54) is 11.1 Å². The molecule has 1 heterocycles. The van der Waals surface area contributed by atoms with E-state index < -0.39 is 6.10 Å². The summed E-state index contributed by atoms with van der Waals surface area (Å²) in [5.74, 6) is 0.953. The summed E-state index contributed by atoms with van der Waals surface area (Å²) < 4.78 is 6.76. The van der Waals surface area contributed by atoms with Crippen molar-refractivity contribution in [2.24, 2.45) is 0 Å². The molecule has 2 unspecified atom stereocenters. The van der Waals surface area contributed by atoms with Gasteiger partial charge < -0.3 is 9.84 Å². The average Bonchev–Trinajstić information content (AvgIpc) is 2.96. The van der Waals surface area contributed by atoms with E-state index in [0.29, 0.717) is 6.61 Å². The zero-order valence-corrected chi connectivity index (χ0v) is 13.6. The van der Waals surface area contributed by atoms with E-state index in [-0.39, 0.29) is 5.92 Å². The monoisotopic (exact) mass is 346 g/mol. The van der Waals surface area contributed by atoms with E-state index in [1.54, 1.807) is 0 Å². The predicted octanol–water partition coefficient (Wildman–Crippen LogP) is 4.61. The Morgan fingerprint density at radius 2 is 2.00 bits per heavy atom. The third kappa shape index (κ3) is 2.85. The minimum Gasteiger partial charge on any atom is -0.493 e. The van der Waals surface area contributed by atoms with Gasteiger partial charge in [-0.05, 0) is 29.7 Å². The normalized spacial score (nSPS) is 16.1. The molecule has 0 amide bonds. The van der Waals surface area contributed by atoms with Gasteiger partial charge in [0.2, 0.25) is 0 Å². The van der Waals surface area contributed by atoms with Crippen molar-refractivity contribution in [1.29, 1.82) is 0 Å². The van der Waals surface area contributed by atoms with E-state index >= 15 is 0 Å². The van der Waals surface area contributed by atoms with Gasteiger partial charge in [-0.15, -0.1) is 0 Å². The first-order chi connectivity index (χ1) is 10.2. The molecular weight excluding hydrogens is 328 g/mol. The molecule has 1 aliphatic rings. The number of hydrogen-bond acceptors (Lipinski definition) is 2. The Morgan fingerprint density at radius 3 is 2.71 bits per heavy atom. The van der Waals surface area contributed by atoms with Crippen molar-refractivity contribution in [2.45, 2.75) is 31.8 Å². The van der Waals surface area contributed by atoms with Crippen LogP contribution in [-0.4, -0.2) is 11.7 Å². The van der Waals surface area contributed by atoms with Gasteiger partial charge in [-0.2, -0.15) is 0 Å². The Hall–Kier alpha value is -1.32. The Balaban J connectivity index is 2.00. The Labute approximate surface area is 133 Å². The van der Waals surface area contributed by atoms with Crippen molar-refractivity contribution in [3.8, 4) is 5.75 Å². The highest BCUT2D eigenvalue weighted by molar-refractivity contribution is 9.10. The maximum Gasteiger partial charge on any atom is 0.128 e. The summed E-state index contributed by atoms with van der Waals surface area (Å²) in [6, 6.07) is 14.3. The molecule has 3 rings (SSSR count). The second kappa shape index (κ2) is 6.20. The third-order valence-corrected chi connectivity index (χ3v) is 4.60. The maximum atomic E-state index is 10.9. The van der Waals surface area contributed by atoms with Gasteiger partial charge in [-0.3, -0.25) is 0 Å². The fourth-order valence-electron chi connectivity index (χ4n) is 3.08. The molecule has 21 heavy (non-hydrogen) atoms. The van der Waals surface area contributed by atoms with Crippen LogP contribution in [0.25, 0.3) is 0 Å². The topological polar surface area (TPSA) is 29.5 Å². The summed E-state index contributed by atoms with van der Waals surface area (Å²) >= 11 is 3.54. The van der Waals surface area contributed by atoms with Crippen LogP contribution in [0.15, 0.2) is 46.9 Å². The first-order valence-corrected chi connectivity index (χ1v) is 8.18. The molecule has 2 aromatic carbocycles. The highest BCUT2D eigenvalue weighted by Gasteiger charge is 2.27. The van der Waals surface area contributed by atoms with Crippen molar-refractivity contribution in [2.75, 3.05) is 6.61 Å². The number of ether oxygens (including phenoxy) is 1. The number of aliphatic hydroxyl groups is 1. The number of rotatable bonds is 4. The van der Waals surface area contributed by atoms with Crippen LogP contribution in [0.1, 0.15) is 42.1 Å². The lowest BCUT2D eigenvalue weighted by molar-refractivity contribution is 0.138. The van der Waals surface area contributed by atoms with E-state index in [0.717, 1.165) is 28.6 Å². The van der Waals surface area contributed by atoms with Gasteiger partial charge in [0.25, 0.3) is 0 Å². The van der Waals surface area contributed by atoms with Crippen LogP contribution in [0.3, 0.4) is 0 Å². The van der Waals surface area contributed by atoms with Crippen LogP contribution in [0.5, 0.6) is 5.75 Å². The van der Waals surface area contributed by atoms with Crippen LogP contribution < -0.4 is 4.74 Å². The molecule has 0 fully saturated rings. The van der Waals surface area contributed by atoms with Crippen LogP contribution in [0.2, 0.25) is 0 Å². The van der Waals surface area contributed by atoms with Gasteiger partial charge in [0, 0.05) is 22.4 Å². The van der Waals surface area contributed by atoms with Gasteiger partial charge in [0.15, 0.2) is 0 Å². The number of aliphatic hydroxyl groups excluding tert-OH is 1. The van der Waals surface area contributed by atoms with Crippen molar-refractivity contribution < 1.29 is 9.84 Å². The van der Waals surface area contributed by atoms with Gasteiger partial charge in [-0.1, -0.05) is 53.2 Å². The van der Waals surface area contributed by atoms with Crippen molar-refractivity contribution >= 4 is 15.9 Å². The van der Waals surface area contributed by atoms with E-state index in [9.17, 15) is 5.11 Å². The SMILES string of the molecule is CCC(c1ccccc1)C(O)c1cc(Br)cc2c1OCC2. The lowest BCUT2D eigenvalue weighted by Crippen LogP contribution is -2.11. The number of benzene rings is 2. The summed E-state index contributed by atoms with van der Waals surface area (Å²) in [7, 11) is 0. The Kier molecular flexibility index (Phi) is 4.32. The van der Waals surface area contributed by atoms with E-state index in [1.807, 2.05) is 24.3 Å². The van der Waals surface area contributed by atoms with Gasteiger partial charge in [0.05, 0.1) is 12.7 Å². The molecule has 2 nitrogen and oxygen atoms in total. The lowest BCUT2D eigenvalue weighted by atomic mass is 9.86. The second-order valence-electron chi connectivity index (χ2n) is 5.45. The smallest absolute Gasteiger partial charge is 0.128 e. The van der Waals surface area contributed by atoms with E-state index in [2.05, 4.69) is 41.1 Å². The second-order valence-corrected chi connectivity index (χ2v) is 6.37. The first-order valence-electron chi connectivity index (χ1n) is 7.38. The van der Waals surface area contributed by atoms with E-state index in [4.69, 9.17) is 4.74 Å². The fourth-order valence-corrected chi connectivity index (χ4v) is 3.60. The van der Waals surface area contributed by atoms with Gasteiger partial charge in [0.1, 0.15) is 5.75 Å². The molecular formula is C18H19BrO2. The molecule has 1 aliphatic heterocycles. The lowest BCUT2D eigenvalue weighted by Gasteiger charge is -2.24. The molecule has 0 bridgehead atoms. The molecule has 0 aromatic heterocycles. The highest BCUT2D eigenvalue weighted by atomic mass is 79.9. The quantitative estimate of drug-likeness (QED) is 0.875. The first kappa shape index (κ1) is 14.6. The molecule has 3 heteroatoms. The number of fused-ring (bicyclic) bond motifs is 1. The minimum atomic E-state index is -0.554. The molecule has 2 aromatic rings. The van der Waals surface area contributed by atoms with Crippen molar-refractivity contribution in [3.63, 3.8) is 0 Å². The standard InChI is InChI=1S/C18H19BrO2/c1-2-15(12-6-4-3-5-7-12)17(20)16-11-14(19)10-13-8-9-21-18(13)16/h3-7,10-11,15,17,20H,2,8-9H2,1H3. The van der Waals surface area contributed by atoms with Crippen LogP contribution in [-0.2, 0) is 6.42 Å². The Morgan fingerprint density at radius 1 is 1.24 bits per heavy atom. The van der Waals surface area contributed by atoms with Crippen molar-refractivity contribution in [1.82, 2.24) is 0 Å². The Bertz CT molecular complexity index is 625. The molecule has 0 saturated heterocycles. The molecule has 1 N–H and O–H groups in total. The third-order valence-electron chi connectivity index (χ3n) is 4.14. The average molecular weight is 347 g/mol. The molecule has 0 spiro atoms. The summed E-state index contributed by atoms with van der Waals surface area (Å²) in [6.45, 7) is 2.81. The van der Waals surface area contributed by atoms with Crippen molar-refractivity contribution in [3.05, 3.63) is 63.6 Å². The predicted molar refractivity (Wildman–Crippen MR) is 87.8 cm³/mol. The highest BCUT2D eigenvalue weighted by Crippen LogP contribution is 2.42. The molecule has 0 saturated carbocycles. The summed E-state index contributed by atoms with van der Waals surface area (Å²) in [5, 5.41) is 10.9.